The van der Waals surface area contributed by atoms with E-state index in [1.807, 2.05) is 31.3 Å². The summed E-state index contributed by atoms with van der Waals surface area (Å²) in [7, 11) is 0. The molecule has 3 heteroatoms. The summed E-state index contributed by atoms with van der Waals surface area (Å²) in [6, 6.07) is 10.7. The van der Waals surface area contributed by atoms with Crippen LogP contribution in [0.15, 0.2) is 48.7 Å². The van der Waals surface area contributed by atoms with Gasteiger partial charge in [-0.05, 0) is 33.6 Å². The second kappa shape index (κ2) is 7.85. The van der Waals surface area contributed by atoms with E-state index in [-0.39, 0.29) is 0 Å². The van der Waals surface area contributed by atoms with E-state index in [9.17, 15) is 0 Å². The van der Waals surface area contributed by atoms with Crippen molar-refractivity contribution in [1.29, 1.82) is 0 Å². The molecule has 1 aromatic heterocycles. The SMILES string of the molecule is C=C(C)CCC(C)NCc1cnc(C)nc1-c1ccccc1. The first-order chi connectivity index (χ1) is 10.6. The van der Waals surface area contributed by atoms with Crippen LogP contribution in [-0.4, -0.2) is 16.0 Å². The van der Waals surface area contributed by atoms with E-state index in [1.54, 1.807) is 0 Å². The third-order valence-electron chi connectivity index (χ3n) is 3.68. The van der Waals surface area contributed by atoms with Crippen molar-refractivity contribution in [2.45, 2.75) is 46.2 Å². The lowest BCUT2D eigenvalue weighted by molar-refractivity contribution is 0.512. The fourth-order valence-corrected chi connectivity index (χ4v) is 2.32. The van der Waals surface area contributed by atoms with E-state index >= 15 is 0 Å². The molecule has 2 rings (SSSR count). The highest BCUT2D eigenvalue weighted by atomic mass is 14.9. The molecule has 1 unspecified atom stereocenters. The summed E-state index contributed by atoms with van der Waals surface area (Å²) in [6.45, 7) is 11.0. The van der Waals surface area contributed by atoms with Gasteiger partial charge in [-0.1, -0.05) is 35.9 Å². The molecule has 0 aliphatic heterocycles. The van der Waals surface area contributed by atoms with Crippen LogP contribution in [0.25, 0.3) is 11.3 Å². The largest absolute Gasteiger partial charge is 0.310 e. The van der Waals surface area contributed by atoms with Gasteiger partial charge in [0.15, 0.2) is 0 Å². The van der Waals surface area contributed by atoms with Gasteiger partial charge in [0.25, 0.3) is 0 Å². The maximum absolute atomic E-state index is 4.63. The highest BCUT2D eigenvalue weighted by Gasteiger charge is 2.09. The Morgan fingerprint density at radius 1 is 1.27 bits per heavy atom. The van der Waals surface area contributed by atoms with Gasteiger partial charge in [0.1, 0.15) is 5.82 Å². The molecule has 0 saturated heterocycles. The summed E-state index contributed by atoms with van der Waals surface area (Å²) in [4.78, 5) is 8.98. The molecular formula is C19H25N3. The van der Waals surface area contributed by atoms with Gasteiger partial charge in [0.2, 0.25) is 0 Å². The molecule has 2 aromatic rings. The first-order valence-electron chi connectivity index (χ1n) is 7.82. The zero-order valence-corrected chi connectivity index (χ0v) is 13.8. The Balaban J connectivity index is 2.09. The summed E-state index contributed by atoms with van der Waals surface area (Å²) in [5, 5.41) is 3.56. The summed E-state index contributed by atoms with van der Waals surface area (Å²) in [5.41, 5.74) is 4.53. The maximum Gasteiger partial charge on any atom is 0.125 e. The van der Waals surface area contributed by atoms with Crippen LogP contribution in [-0.2, 0) is 6.54 Å². The number of hydrogen-bond donors (Lipinski definition) is 1. The van der Waals surface area contributed by atoms with Gasteiger partial charge in [-0.3, -0.25) is 0 Å². The van der Waals surface area contributed by atoms with Crippen LogP contribution < -0.4 is 5.32 Å². The first kappa shape index (κ1) is 16.4. The zero-order chi connectivity index (χ0) is 15.9. The minimum Gasteiger partial charge on any atom is -0.310 e. The third-order valence-corrected chi connectivity index (χ3v) is 3.68. The molecule has 1 atom stereocenters. The molecular weight excluding hydrogens is 270 g/mol. The number of nitrogens with one attached hydrogen (secondary N) is 1. The molecule has 0 bridgehead atoms. The maximum atomic E-state index is 4.63. The summed E-state index contributed by atoms with van der Waals surface area (Å²) in [6.07, 6.45) is 4.09. The Hall–Kier alpha value is -2.00. The number of allylic oxidation sites excluding steroid dienone is 1. The average Bonchev–Trinajstić information content (AvgIpc) is 2.52. The van der Waals surface area contributed by atoms with Crippen molar-refractivity contribution in [3.8, 4) is 11.3 Å². The summed E-state index contributed by atoms with van der Waals surface area (Å²) >= 11 is 0. The number of benzene rings is 1. The van der Waals surface area contributed by atoms with Gasteiger partial charge in [0.05, 0.1) is 5.69 Å². The molecule has 22 heavy (non-hydrogen) atoms. The number of aryl methyl sites for hydroxylation is 1. The van der Waals surface area contributed by atoms with Gasteiger partial charge in [-0.15, -0.1) is 6.58 Å². The lowest BCUT2D eigenvalue weighted by Crippen LogP contribution is -2.26. The number of rotatable bonds is 7. The number of hydrogen-bond acceptors (Lipinski definition) is 3. The van der Waals surface area contributed by atoms with Crippen LogP contribution in [0.2, 0.25) is 0 Å². The van der Waals surface area contributed by atoms with Crippen LogP contribution in [0.4, 0.5) is 0 Å². The second-order valence-corrected chi connectivity index (χ2v) is 5.93. The zero-order valence-electron chi connectivity index (χ0n) is 13.8. The molecule has 0 saturated carbocycles. The highest BCUT2D eigenvalue weighted by Crippen LogP contribution is 2.21. The molecule has 0 aliphatic carbocycles. The predicted molar refractivity (Wildman–Crippen MR) is 92.6 cm³/mol. The quantitative estimate of drug-likeness (QED) is 0.774. The Kier molecular flexibility index (Phi) is 5.84. The van der Waals surface area contributed by atoms with Crippen molar-refractivity contribution in [3.05, 3.63) is 60.1 Å². The topological polar surface area (TPSA) is 37.8 Å². The Labute approximate surface area is 133 Å². The normalized spacial score (nSPS) is 12.1. The van der Waals surface area contributed by atoms with Gasteiger partial charge in [-0.2, -0.15) is 0 Å². The Morgan fingerprint density at radius 3 is 2.68 bits per heavy atom. The van der Waals surface area contributed by atoms with Crippen molar-refractivity contribution >= 4 is 0 Å². The standard InChI is InChI=1S/C19H25N3/c1-14(2)10-11-15(3)20-12-18-13-21-16(4)22-19(18)17-8-6-5-7-9-17/h5-9,13,15,20H,1,10-12H2,2-4H3. The fourth-order valence-electron chi connectivity index (χ4n) is 2.32. The second-order valence-electron chi connectivity index (χ2n) is 5.93. The van der Waals surface area contributed by atoms with E-state index < -0.39 is 0 Å². The Bertz CT molecular complexity index is 620. The number of nitrogens with zero attached hydrogens (tertiary/aromatic N) is 2. The van der Waals surface area contributed by atoms with Crippen LogP contribution in [0.5, 0.6) is 0 Å². The van der Waals surface area contributed by atoms with Crippen molar-refractivity contribution in [1.82, 2.24) is 15.3 Å². The Morgan fingerprint density at radius 2 is 2.00 bits per heavy atom. The molecule has 116 valence electrons. The lowest BCUT2D eigenvalue weighted by atomic mass is 10.1. The third kappa shape index (κ3) is 4.78. The molecule has 0 radical (unpaired) electrons. The van der Waals surface area contributed by atoms with Gasteiger partial charge in [-0.25, -0.2) is 9.97 Å². The van der Waals surface area contributed by atoms with E-state index in [1.165, 1.54) is 5.57 Å². The smallest absolute Gasteiger partial charge is 0.125 e. The van der Waals surface area contributed by atoms with Crippen LogP contribution in [0.3, 0.4) is 0 Å². The molecule has 0 spiro atoms. The van der Waals surface area contributed by atoms with Crippen molar-refractivity contribution in [3.63, 3.8) is 0 Å². The van der Waals surface area contributed by atoms with E-state index in [0.717, 1.165) is 42.0 Å². The van der Waals surface area contributed by atoms with Crippen LogP contribution >= 0.6 is 0 Å². The molecule has 0 amide bonds. The molecule has 3 nitrogen and oxygen atoms in total. The van der Waals surface area contributed by atoms with Crippen molar-refractivity contribution < 1.29 is 0 Å². The molecule has 1 N–H and O–H groups in total. The van der Waals surface area contributed by atoms with Crippen molar-refractivity contribution in [2.24, 2.45) is 0 Å². The van der Waals surface area contributed by atoms with E-state index in [4.69, 9.17) is 0 Å². The monoisotopic (exact) mass is 295 g/mol. The van der Waals surface area contributed by atoms with Gasteiger partial charge in [0, 0.05) is 29.9 Å². The van der Waals surface area contributed by atoms with Gasteiger partial charge >= 0.3 is 0 Å². The van der Waals surface area contributed by atoms with Crippen LogP contribution in [0.1, 0.15) is 38.1 Å². The minimum atomic E-state index is 0.446. The van der Waals surface area contributed by atoms with E-state index in [2.05, 4.69) is 47.8 Å². The fraction of sp³-hybridized carbons (Fsp3) is 0.368. The van der Waals surface area contributed by atoms with E-state index in [0.29, 0.717) is 6.04 Å². The first-order valence-corrected chi connectivity index (χ1v) is 7.82. The molecule has 1 heterocycles. The highest BCUT2D eigenvalue weighted by molar-refractivity contribution is 5.62. The summed E-state index contributed by atoms with van der Waals surface area (Å²) in [5.74, 6) is 0.804. The number of aromatic nitrogens is 2. The molecule has 0 aliphatic rings. The molecule has 1 aromatic carbocycles. The van der Waals surface area contributed by atoms with Crippen molar-refractivity contribution in [2.75, 3.05) is 0 Å². The lowest BCUT2D eigenvalue weighted by Gasteiger charge is -2.15. The minimum absolute atomic E-state index is 0.446. The average molecular weight is 295 g/mol. The van der Waals surface area contributed by atoms with Gasteiger partial charge < -0.3 is 5.32 Å². The van der Waals surface area contributed by atoms with Crippen LogP contribution in [0, 0.1) is 6.92 Å². The predicted octanol–water partition coefficient (Wildman–Crippen LogP) is 4.29. The molecule has 0 fully saturated rings. The summed E-state index contributed by atoms with van der Waals surface area (Å²) < 4.78 is 0.